The first-order chi connectivity index (χ1) is 3.81. The van der Waals surface area contributed by atoms with Crippen LogP contribution in [0.1, 0.15) is 6.92 Å². The van der Waals surface area contributed by atoms with Crippen LogP contribution in [0.2, 0.25) is 0 Å². The molecule has 0 radical (unpaired) electrons. The van der Waals surface area contributed by atoms with Gasteiger partial charge in [-0.2, -0.15) is 0 Å². The molecule has 0 aromatic rings. The van der Waals surface area contributed by atoms with Gasteiger partial charge in [0.15, 0.2) is 0 Å². The van der Waals surface area contributed by atoms with E-state index >= 15 is 0 Å². The lowest BCUT2D eigenvalue weighted by molar-refractivity contribution is -0.115. The summed E-state index contributed by atoms with van der Waals surface area (Å²) in [5, 5.41) is 2.44. The molecule has 0 atom stereocenters. The largest absolute Gasteiger partial charge is 0.329 e. The van der Waals surface area contributed by atoms with E-state index < -0.39 is 0 Å². The third-order valence-corrected chi connectivity index (χ3v) is 0.578. The van der Waals surface area contributed by atoms with Crippen molar-refractivity contribution in [3.63, 3.8) is 0 Å². The lowest BCUT2D eigenvalue weighted by Gasteiger charge is -1.87. The molecule has 0 bridgehead atoms. The number of carbonyl (C=O) groups is 1. The van der Waals surface area contributed by atoms with Crippen LogP contribution in [0.5, 0.6) is 0 Å². The molecule has 0 aliphatic carbocycles. The van der Waals surface area contributed by atoms with Crippen molar-refractivity contribution in [1.29, 1.82) is 0 Å². The lowest BCUT2D eigenvalue weighted by atomic mass is 10.6. The van der Waals surface area contributed by atoms with Crippen molar-refractivity contribution in [3.05, 3.63) is 24.9 Å². The summed E-state index contributed by atoms with van der Waals surface area (Å²) in [5.41, 5.74) is 0. The van der Waals surface area contributed by atoms with Gasteiger partial charge in [-0.25, -0.2) is 0 Å². The quantitative estimate of drug-likeness (QED) is 0.525. The lowest BCUT2D eigenvalue weighted by Crippen LogP contribution is -2.12. The Bertz CT molecular complexity index is 116. The Kier molecular flexibility index (Phi) is 3.58. The smallest absolute Gasteiger partial charge is 0.247 e. The number of nitrogens with one attached hydrogen (secondary N) is 1. The fraction of sp³-hybridized carbons (Fsp3) is 0.167. The maximum absolute atomic E-state index is 10.3. The Morgan fingerprint density at radius 2 is 2.38 bits per heavy atom. The summed E-state index contributed by atoms with van der Waals surface area (Å²) in [6.45, 7) is 5.09. The van der Waals surface area contributed by atoms with Crippen molar-refractivity contribution in [2.45, 2.75) is 6.92 Å². The Morgan fingerprint density at radius 3 is 2.75 bits per heavy atom. The zero-order valence-electron chi connectivity index (χ0n) is 4.85. The molecule has 44 valence electrons. The molecule has 1 N–H and O–H groups in total. The fourth-order valence-corrected chi connectivity index (χ4v) is 0.224. The monoisotopic (exact) mass is 111 g/mol. The molecular weight excluding hydrogens is 102 g/mol. The minimum Gasteiger partial charge on any atom is -0.329 e. The second kappa shape index (κ2) is 4.12. The molecule has 8 heavy (non-hydrogen) atoms. The van der Waals surface area contributed by atoms with E-state index in [1.54, 1.807) is 12.3 Å². The van der Waals surface area contributed by atoms with Crippen molar-refractivity contribution >= 4 is 5.91 Å². The van der Waals surface area contributed by atoms with E-state index in [0.717, 1.165) is 0 Å². The van der Waals surface area contributed by atoms with Crippen molar-refractivity contribution in [1.82, 2.24) is 5.32 Å². The van der Waals surface area contributed by atoms with Crippen LogP contribution in [-0.2, 0) is 4.79 Å². The first-order valence-electron chi connectivity index (χ1n) is 2.35. The van der Waals surface area contributed by atoms with Crippen LogP contribution >= 0.6 is 0 Å². The highest BCUT2D eigenvalue weighted by molar-refractivity contribution is 5.87. The van der Waals surface area contributed by atoms with E-state index in [4.69, 9.17) is 0 Å². The maximum Gasteiger partial charge on any atom is 0.247 e. The topological polar surface area (TPSA) is 29.1 Å². The Balaban J connectivity index is 3.39. The number of rotatable bonds is 2. The van der Waals surface area contributed by atoms with Crippen molar-refractivity contribution in [2.24, 2.45) is 0 Å². The van der Waals surface area contributed by atoms with Gasteiger partial charge in [-0.1, -0.05) is 12.7 Å². The summed E-state index contributed by atoms with van der Waals surface area (Å²) in [6, 6.07) is 0. The highest BCUT2D eigenvalue weighted by atomic mass is 16.1. The second-order valence-electron chi connectivity index (χ2n) is 1.21. The van der Waals surface area contributed by atoms with Gasteiger partial charge in [0.1, 0.15) is 0 Å². The van der Waals surface area contributed by atoms with Crippen LogP contribution in [0.25, 0.3) is 0 Å². The number of carbonyl (C=O) groups excluding carboxylic acids is 1. The van der Waals surface area contributed by atoms with E-state index in [1.165, 1.54) is 6.08 Å². The standard InChI is InChI=1S/C6H9NO/c1-3-5-7-6(8)4-2/h3-5H,2H2,1H3,(H,7,8). The fourth-order valence-electron chi connectivity index (χ4n) is 0.224. The number of amides is 1. The van der Waals surface area contributed by atoms with Gasteiger partial charge in [-0.15, -0.1) is 0 Å². The summed E-state index contributed by atoms with van der Waals surface area (Å²) < 4.78 is 0. The molecular formula is C6H9NO. The molecule has 0 aliphatic heterocycles. The summed E-state index contributed by atoms with van der Waals surface area (Å²) in [6.07, 6.45) is 4.52. The van der Waals surface area contributed by atoms with Crippen LogP contribution in [-0.4, -0.2) is 5.91 Å². The number of hydrogen-bond acceptors (Lipinski definition) is 1. The molecule has 0 aromatic carbocycles. The molecule has 0 saturated carbocycles. The van der Waals surface area contributed by atoms with Gasteiger partial charge >= 0.3 is 0 Å². The zero-order valence-corrected chi connectivity index (χ0v) is 4.85. The normalized spacial score (nSPS) is 9.12. The average Bonchev–Trinajstić information content (AvgIpc) is 1.83. The highest BCUT2D eigenvalue weighted by Crippen LogP contribution is 1.66. The first-order valence-corrected chi connectivity index (χ1v) is 2.35. The summed E-state index contributed by atoms with van der Waals surface area (Å²) in [4.78, 5) is 10.3. The SMILES string of the molecule is C=CC(=O)NC=CC. The molecule has 2 heteroatoms. The molecule has 2 nitrogen and oxygen atoms in total. The van der Waals surface area contributed by atoms with Gasteiger partial charge < -0.3 is 5.32 Å². The Labute approximate surface area is 48.9 Å². The molecule has 1 amide bonds. The molecule has 0 heterocycles. The predicted molar refractivity (Wildman–Crippen MR) is 33.2 cm³/mol. The molecule has 0 spiro atoms. The van der Waals surface area contributed by atoms with Crippen molar-refractivity contribution in [2.75, 3.05) is 0 Å². The molecule has 0 fully saturated rings. The van der Waals surface area contributed by atoms with E-state index in [2.05, 4.69) is 11.9 Å². The highest BCUT2D eigenvalue weighted by Gasteiger charge is 1.82. The van der Waals surface area contributed by atoms with Crippen molar-refractivity contribution in [3.8, 4) is 0 Å². The van der Waals surface area contributed by atoms with Crippen LogP contribution < -0.4 is 5.32 Å². The average molecular weight is 111 g/mol. The maximum atomic E-state index is 10.3. The molecule has 0 saturated heterocycles. The summed E-state index contributed by atoms with van der Waals surface area (Å²) in [5.74, 6) is -0.178. The molecule has 0 rings (SSSR count). The van der Waals surface area contributed by atoms with Gasteiger partial charge in [-0.05, 0) is 19.2 Å². The van der Waals surface area contributed by atoms with Gasteiger partial charge in [0.25, 0.3) is 0 Å². The second-order valence-corrected chi connectivity index (χ2v) is 1.21. The van der Waals surface area contributed by atoms with Gasteiger partial charge in [0.05, 0.1) is 0 Å². The predicted octanol–water partition coefficient (Wildman–Crippen LogP) is 0.822. The minimum atomic E-state index is -0.178. The molecule has 0 aliphatic rings. The minimum absolute atomic E-state index is 0.178. The number of allylic oxidation sites excluding steroid dienone is 1. The van der Waals surface area contributed by atoms with Crippen molar-refractivity contribution < 1.29 is 4.79 Å². The van der Waals surface area contributed by atoms with Crippen LogP contribution in [0.3, 0.4) is 0 Å². The molecule has 0 aromatic heterocycles. The van der Waals surface area contributed by atoms with Gasteiger partial charge in [0.2, 0.25) is 5.91 Å². The van der Waals surface area contributed by atoms with E-state index in [9.17, 15) is 4.79 Å². The summed E-state index contributed by atoms with van der Waals surface area (Å²) >= 11 is 0. The third-order valence-electron chi connectivity index (χ3n) is 0.578. The van der Waals surface area contributed by atoms with E-state index in [-0.39, 0.29) is 5.91 Å². The van der Waals surface area contributed by atoms with E-state index in [0.29, 0.717) is 0 Å². The zero-order chi connectivity index (χ0) is 6.41. The van der Waals surface area contributed by atoms with Crippen LogP contribution in [0, 0.1) is 0 Å². The third kappa shape index (κ3) is 3.15. The molecule has 0 unspecified atom stereocenters. The van der Waals surface area contributed by atoms with Crippen LogP contribution in [0.15, 0.2) is 24.9 Å². The van der Waals surface area contributed by atoms with Gasteiger partial charge in [0, 0.05) is 0 Å². The first kappa shape index (κ1) is 6.95. The van der Waals surface area contributed by atoms with Crippen LogP contribution in [0.4, 0.5) is 0 Å². The van der Waals surface area contributed by atoms with E-state index in [1.807, 2.05) is 6.92 Å². The number of hydrogen-bond donors (Lipinski definition) is 1. The summed E-state index contributed by atoms with van der Waals surface area (Å²) in [7, 11) is 0. The van der Waals surface area contributed by atoms with Gasteiger partial charge in [-0.3, -0.25) is 4.79 Å². The Morgan fingerprint density at radius 1 is 1.75 bits per heavy atom. The Hall–Kier alpha value is -1.05.